The molecule has 3 unspecified atom stereocenters. The average Bonchev–Trinajstić information content (AvgIpc) is 2.72. The number of anilines is 2. The third kappa shape index (κ3) is 4.11. The monoisotopic (exact) mass is 413 g/mol. The molecule has 4 N–H and O–H groups in total. The summed E-state index contributed by atoms with van der Waals surface area (Å²) in [6.07, 6.45) is 7.54. The van der Waals surface area contributed by atoms with Crippen LogP contribution in [-0.2, 0) is 4.79 Å². The van der Waals surface area contributed by atoms with E-state index in [4.69, 9.17) is 0 Å². The van der Waals surface area contributed by atoms with Crippen LogP contribution >= 0.6 is 0 Å². The topological polar surface area (TPSA) is 102 Å². The first-order valence-electron chi connectivity index (χ1n) is 11.0. The lowest BCUT2D eigenvalue weighted by atomic mass is 9.79. The number of hydrogen-bond donors (Lipinski definition) is 4. The van der Waals surface area contributed by atoms with Gasteiger partial charge in [-0.05, 0) is 56.2 Å². The number of amides is 1. The predicted molar refractivity (Wildman–Crippen MR) is 116 cm³/mol. The Labute approximate surface area is 177 Å². The van der Waals surface area contributed by atoms with E-state index in [1.54, 1.807) is 12.1 Å². The lowest BCUT2D eigenvalue weighted by Crippen LogP contribution is -2.55. The Morgan fingerprint density at radius 2 is 1.90 bits per heavy atom. The van der Waals surface area contributed by atoms with E-state index in [1.807, 2.05) is 12.1 Å². The number of carboxylic acid groups (broad SMARTS) is 2. The molecule has 2 aliphatic heterocycles. The minimum atomic E-state index is -1.12. The van der Waals surface area contributed by atoms with Gasteiger partial charge < -0.3 is 20.4 Å². The zero-order chi connectivity index (χ0) is 21.3. The smallest absolute Gasteiger partial charge is 0.409 e. The van der Waals surface area contributed by atoms with Gasteiger partial charge in [0, 0.05) is 17.8 Å². The van der Waals surface area contributed by atoms with Crippen LogP contribution in [0.25, 0.3) is 0 Å². The van der Waals surface area contributed by atoms with Crippen molar-refractivity contribution in [2.24, 2.45) is 11.8 Å². The van der Waals surface area contributed by atoms with Crippen LogP contribution in [0.4, 0.5) is 16.2 Å². The fourth-order valence-corrected chi connectivity index (χ4v) is 5.47. The number of para-hydroxylation sites is 2. The number of fused-ring (bicyclic) bond motifs is 2. The number of rotatable bonds is 5. The number of benzene rings is 1. The summed E-state index contributed by atoms with van der Waals surface area (Å²) >= 11 is 0. The summed E-state index contributed by atoms with van der Waals surface area (Å²) in [6, 6.07) is 7.61. The SMILES string of the molecule is CC1CCC2=C[C@H](N(c3ccccc3NC(=O)O)C3CCCC[C@H]3C(=O)O)CC1N2. The number of piperidine rings is 1. The molecule has 7 nitrogen and oxygen atoms in total. The molecule has 1 saturated carbocycles. The first kappa shape index (κ1) is 20.6. The average molecular weight is 414 g/mol. The van der Waals surface area contributed by atoms with Crippen LogP contribution in [0.2, 0.25) is 0 Å². The summed E-state index contributed by atoms with van der Waals surface area (Å²) in [5.74, 6) is -0.661. The van der Waals surface area contributed by atoms with Gasteiger partial charge in [-0.25, -0.2) is 4.79 Å². The standard InChI is InChI=1S/C23H31N3O4/c1-14-10-11-15-12-16(13-19(14)24-15)26(20-8-4-2-6-17(20)22(27)28)21-9-5-3-7-18(21)25-23(29)30/h3,5,7,9,12,14,16-17,19-20,24-25H,2,4,6,8,10-11,13H2,1H3,(H,27,28)(H,29,30)/t14?,16-,17+,19?,20?/m0/s1. The highest BCUT2D eigenvalue weighted by Gasteiger charge is 2.41. The molecule has 1 amide bonds. The fourth-order valence-electron chi connectivity index (χ4n) is 5.47. The molecule has 0 radical (unpaired) electrons. The maximum absolute atomic E-state index is 12.1. The summed E-state index contributed by atoms with van der Waals surface area (Å²) in [4.78, 5) is 25.8. The number of nitrogens with zero attached hydrogens (tertiary/aromatic N) is 1. The first-order valence-corrected chi connectivity index (χ1v) is 11.0. The second-order valence-corrected chi connectivity index (χ2v) is 8.91. The molecule has 1 aliphatic carbocycles. The highest BCUT2D eigenvalue weighted by Crippen LogP contribution is 2.40. The quantitative estimate of drug-likeness (QED) is 0.575. The summed E-state index contributed by atoms with van der Waals surface area (Å²) in [5, 5.41) is 25.5. The minimum absolute atomic E-state index is 0.0377. The number of carbonyl (C=O) groups is 2. The molecule has 162 valence electrons. The van der Waals surface area contributed by atoms with Gasteiger partial charge >= 0.3 is 12.1 Å². The van der Waals surface area contributed by atoms with Crippen LogP contribution in [0.3, 0.4) is 0 Å². The van der Waals surface area contributed by atoms with E-state index in [0.717, 1.165) is 44.2 Å². The van der Waals surface area contributed by atoms with Crippen molar-refractivity contribution >= 4 is 23.4 Å². The number of carboxylic acids is 1. The highest BCUT2D eigenvalue weighted by atomic mass is 16.4. The van der Waals surface area contributed by atoms with Crippen LogP contribution in [-0.4, -0.2) is 40.4 Å². The molecule has 30 heavy (non-hydrogen) atoms. The van der Waals surface area contributed by atoms with Crippen molar-refractivity contribution in [2.75, 3.05) is 10.2 Å². The van der Waals surface area contributed by atoms with Crippen LogP contribution < -0.4 is 15.5 Å². The normalized spacial score (nSPS) is 30.6. The molecule has 2 heterocycles. The third-order valence-electron chi connectivity index (χ3n) is 7.00. The number of aliphatic carboxylic acids is 1. The zero-order valence-corrected chi connectivity index (χ0v) is 17.4. The molecular formula is C23H31N3O4. The highest BCUT2D eigenvalue weighted by molar-refractivity contribution is 5.89. The maximum Gasteiger partial charge on any atom is 0.409 e. The van der Waals surface area contributed by atoms with Crippen molar-refractivity contribution in [2.45, 2.75) is 70.0 Å². The van der Waals surface area contributed by atoms with E-state index >= 15 is 0 Å². The first-order chi connectivity index (χ1) is 14.4. The van der Waals surface area contributed by atoms with Crippen molar-refractivity contribution in [3.05, 3.63) is 36.0 Å². The van der Waals surface area contributed by atoms with E-state index in [0.29, 0.717) is 24.1 Å². The Balaban J connectivity index is 1.78. The van der Waals surface area contributed by atoms with Crippen LogP contribution in [0, 0.1) is 11.8 Å². The molecule has 2 bridgehead atoms. The summed E-state index contributed by atoms with van der Waals surface area (Å²) in [7, 11) is 0. The van der Waals surface area contributed by atoms with Gasteiger partial charge in [-0.1, -0.05) is 31.9 Å². The molecule has 1 aromatic carbocycles. The maximum atomic E-state index is 12.1. The van der Waals surface area contributed by atoms with Gasteiger partial charge in [-0.2, -0.15) is 0 Å². The van der Waals surface area contributed by atoms with E-state index in [9.17, 15) is 19.8 Å². The molecule has 1 saturated heterocycles. The number of nitrogens with one attached hydrogen (secondary N) is 2. The van der Waals surface area contributed by atoms with E-state index in [-0.39, 0.29) is 12.1 Å². The van der Waals surface area contributed by atoms with Gasteiger partial charge in [0.05, 0.1) is 23.3 Å². The molecule has 0 aromatic heterocycles. The van der Waals surface area contributed by atoms with Crippen molar-refractivity contribution in [3.8, 4) is 0 Å². The van der Waals surface area contributed by atoms with E-state index < -0.39 is 18.0 Å². The Hall–Kier alpha value is -2.70. The Morgan fingerprint density at radius 3 is 2.67 bits per heavy atom. The molecule has 4 rings (SSSR count). The van der Waals surface area contributed by atoms with Gasteiger partial charge in [0.25, 0.3) is 0 Å². The van der Waals surface area contributed by atoms with Gasteiger partial charge in [0.1, 0.15) is 0 Å². The summed E-state index contributed by atoms with van der Waals surface area (Å²) in [5.41, 5.74) is 2.51. The van der Waals surface area contributed by atoms with E-state index in [1.165, 1.54) is 5.70 Å². The fraction of sp³-hybridized carbons (Fsp3) is 0.565. The van der Waals surface area contributed by atoms with Gasteiger partial charge in [-0.3, -0.25) is 10.1 Å². The van der Waals surface area contributed by atoms with Crippen LogP contribution in [0.15, 0.2) is 36.0 Å². The summed E-state index contributed by atoms with van der Waals surface area (Å²) < 4.78 is 0. The van der Waals surface area contributed by atoms with E-state index in [2.05, 4.69) is 28.5 Å². The molecule has 2 fully saturated rings. The van der Waals surface area contributed by atoms with Crippen molar-refractivity contribution in [1.82, 2.24) is 5.32 Å². The zero-order valence-electron chi connectivity index (χ0n) is 17.4. The van der Waals surface area contributed by atoms with Crippen molar-refractivity contribution < 1.29 is 19.8 Å². The summed E-state index contributed by atoms with van der Waals surface area (Å²) in [6.45, 7) is 2.27. The van der Waals surface area contributed by atoms with Gasteiger partial charge in [0.15, 0.2) is 0 Å². The number of allylic oxidation sites excluding steroid dienone is 1. The van der Waals surface area contributed by atoms with Crippen LogP contribution in [0.1, 0.15) is 51.9 Å². The molecule has 0 spiro atoms. The Morgan fingerprint density at radius 1 is 1.13 bits per heavy atom. The van der Waals surface area contributed by atoms with Gasteiger partial charge in [0.2, 0.25) is 0 Å². The second kappa shape index (κ2) is 8.58. The lowest BCUT2D eigenvalue weighted by molar-refractivity contribution is -0.143. The van der Waals surface area contributed by atoms with Crippen molar-refractivity contribution in [1.29, 1.82) is 0 Å². The molecule has 3 aliphatic rings. The van der Waals surface area contributed by atoms with Crippen LogP contribution in [0.5, 0.6) is 0 Å². The Bertz CT molecular complexity index is 839. The molecule has 5 atom stereocenters. The predicted octanol–water partition coefficient (Wildman–Crippen LogP) is 4.27. The Kier molecular flexibility index (Phi) is 5.88. The molecule has 1 aromatic rings. The second-order valence-electron chi connectivity index (χ2n) is 8.91. The van der Waals surface area contributed by atoms with Gasteiger partial charge in [-0.15, -0.1) is 0 Å². The third-order valence-corrected chi connectivity index (χ3v) is 7.00. The number of hydrogen-bond acceptors (Lipinski definition) is 4. The molecular weight excluding hydrogens is 382 g/mol. The minimum Gasteiger partial charge on any atom is -0.481 e. The molecule has 7 heteroatoms. The van der Waals surface area contributed by atoms with Crippen molar-refractivity contribution in [3.63, 3.8) is 0 Å². The largest absolute Gasteiger partial charge is 0.481 e. The lowest BCUT2D eigenvalue weighted by Gasteiger charge is -2.48.